The molecule has 0 bridgehead atoms. The molecular formula is C20H27N3O5S. The predicted molar refractivity (Wildman–Crippen MR) is 107 cm³/mol. The Morgan fingerprint density at radius 1 is 1.17 bits per heavy atom. The summed E-state index contributed by atoms with van der Waals surface area (Å²) in [6.07, 6.45) is 4.06. The Morgan fingerprint density at radius 2 is 1.86 bits per heavy atom. The summed E-state index contributed by atoms with van der Waals surface area (Å²) < 4.78 is 33.2. The van der Waals surface area contributed by atoms with Crippen molar-refractivity contribution < 1.29 is 22.7 Å². The Labute approximate surface area is 171 Å². The number of ether oxygens (including phenoxy) is 1. The first-order valence-corrected chi connectivity index (χ1v) is 11.7. The molecule has 0 radical (unpaired) electrons. The Hall–Kier alpha value is -2.13. The van der Waals surface area contributed by atoms with Crippen molar-refractivity contribution in [2.75, 3.05) is 31.5 Å². The first-order valence-electron chi connectivity index (χ1n) is 10.3. The van der Waals surface area contributed by atoms with Crippen LogP contribution in [0, 0.1) is 5.92 Å². The van der Waals surface area contributed by atoms with E-state index in [0.29, 0.717) is 30.9 Å². The Balaban J connectivity index is 1.45. The molecule has 1 aliphatic carbocycles. The summed E-state index contributed by atoms with van der Waals surface area (Å²) in [7, 11) is -3.71. The second-order valence-corrected chi connectivity index (χ2v) is 9.81. The van der Waals surface area contributed by atoms with Crippen molar-refractivity contribution in [1.29, 1.82) is 0 Å². The Morgan fingerprint density at radius 3 is 2.52 bits per heavy atom. The molecule has 8 nitrogen and oxygen atoms in total. The van der Waals surface area contributed by atoms with Crippen LogP contribution in [-0.4, -0.2) is 61.7 Å². The van der Waals surface area contributed by atoms with Crippen LogP contribution in [0.25, 0.3) is 0 Å². The maximum atomic E-state index is 13.1. The molecule has 29 heavy (non-hydrogen) atoms. The average Bonchev–Trinajstić information content (AvgIpc) is 3.27. The summed E-state index contributed by atoms with van der Waals surface area (Å²) in [5, 5.41) is 2.73. The smallest absolute Gasteiger partial charge is 0.265 e. The third kappa shape index (κ3) is 3.85. The zero-order valence-corrected chi connectivity index (χ0v) is 17.4. The minimum atomic E-state index is -3.71. The summed E-state index contributed by atoms with van der Waals surface area (Å²) >= 11 is 0. The number of amides is 2. The van der Waals surface area contributed by atoms with E-state index in [-0.39, 0.29) is 35.7 Å². The van der Waals surface area contributed by atoms with Gasteiger partial charge < -0.3 is 15.0 Å². The largest absolute Gasteiger partial charge is 0.478 e. The molecule has 1 atom stereocenters. The first-order chi connectivity index (χ1) is 13.9. The quantitative estimate of drug-likeness (QED) is 0.800. The van der Waals surface area contributed by atoms with Gasteiger partial charge in [-0.2, -0.15) is 4.31 Å². The predicted octanol–water partition coefficient (Wildman–Crippen LogP) is 1.82. The molecule has 2 amide bonds. The summed E-state index contributed by atoms with van der Waals surface area (Å²) in [5.74, 6) is 0.476. The third-order valence-electron chi connectivity index (χ3n) is 6.03. The van der Waals surface area contributed by atoms with E-state index in [4.69, 9.17) is 4.74 Å². The van der Waals surface area contributed by atoms with Gasteiger partial charge in [-0.25, -0.2) is 8.42 Å². The van der Waals surface area contributed by atoms with Crippen molar-refractivity contribution in [2.45, 2.75) is 50.0 Å². The van der Waals surface area contributed by atoms with Crippen LogP contribution >= 0.6 is 0 Å². The normalized spacial score (nSPS) is 23.4. The molecule has 1 aromatic rings. The Bertz CT molecular complexity index is 903. The lowest BCUT2D eigenvalue weighted by Crippen LogP contribution is -2.51. The molecule has 2 heterocycles. The van der Waals surface area contributed by atoms with Gasteiger partial charge >= 0.3 is 0 Å². The van der Waals surface area contributed by atoms with Gasteiger partial charge in [-0.05, 0) is 37.5 Å². The molecule has 0 unspecified atom stereocenters. The minimum Gasteiger partial charge on any atom is -0.478 e. The van der Waals surface area contributed by atoms with Crippen molar-refractivity contribution in [1.82, 2.24) is 9.21 Å². The molecule has 1 N–H and O–H groups in total. The van der Waals surface area contributed by atoms with Crippen LogP contribution in [0.1, 0.15) is 39.0 Å². The molecule has 0 spiro atoms. The van der Waals surface area contributed by atoms with E-state index in [9.17, 15) is 18.0 Å². The number of benzene rings is 1. The van der Waals surface area contributed by atoms with Gasteiger partial charge in [0, 0.05) is 32.1 Å². The standard InChI is InChI=1S/C20H27N3O5S/c1-2-17-19(24)21-16-13-15(7-8-18(16)28-17)29(26,27)23-11-9-22(10-12-23)20(25)14-5-3-4-6-14/h7-8,13-14,17H,2-6,9-12H2,1H3,(H,21,24)/t17-/m1/s1. The highest BCUT2D eigenvalue weighted by atomic mass is 32.2. The van der Waals surface area contributed by atoms with Crippen LogP contribution in [-0.2, 0) is 19.6 Å². The summed E-state index contributed by atoms with van der Waals surface area (Å²) in [5.41, 5.74) is 0.371. The molecular weight excluding hydrogens is 394 g/mol. The molecule has 3 aliphatic rings. The molecule has 2 aliphatic heterocycles. The second-order valence-electron chi connectivity index (χ2n) is 7.87. The summed E-state index contributed by atoms with van der Waals surface area (Å²) in [4.78, 5) is 26.5. The number of sulfonamides is 1. The molecule has 4 rings (SSSR count). The van der Waals surface area contributed by atoms with Crippen molar-refractivity contribution in [3.63, 3.8) is 0 Å². The van der Waals surface area contributed by atoms with E-state index >= 15 is 0 Å². The number of hydrogen-bond donors (Lipinski definition) is 1. The van der Waals surface area contributed by atoms with Gasteiger partial charge in [-0.15, -0.1) is 0 Å². The first kappa shape index (κ1) is 20.2. The van der Waals surface area contributed by atoms with E-state index in [1.807, 2.05) is 6.92 Å². The van der Waals surface area contributed by atoms with Crippen LogP contribution in [0.4, 0.5) is 5.69 Å². The molecule has 1 saturated carbocycles. The number of rotatable bonds is 4. The van der Waals surface area contributed by atoms with Crippen LogP contribution in [0.3, 0.4) is 0 Å². The highest BCUT2D eigenvalue weighted by molar-refractivity contribution is 7.89. The van der Waals surface area contributed by atoms with E-state index < -0.39 is 16.1 Å². The maximum Gasteiger partial charge on any atom is 0.265 e. The number of hydrogen-bond acceptors (Lipinski definition) is 5. The van der Waals surface area contributed by atoms with Crippen LogP contribution in [0.15, 0.2) is 23.1 Å². The number of carbonyl (C=O) groups excluding carboxylic acids is 2. The maximum absolute atomic E-state index is 13.1. The van der Waals surface area contributed by atoms with Crippen LogP contribution in [0.2, 0.25) is 0 Å². The summed E-state index contributed by atoms with van der Waals surface area (Å²) in [6, 6.07) is 4.54. The topological polar surface area (TPSA) is 96.0 Å². The number of carbonyl (C=O) groups is 2. The summed E-state index contributed by atoms with van der Waals surface area (Å²) in [6.45, 7) is 3.23. The molecule has 1 aromatic carbocycles. The second kappa shape index (κ2) is 7.95. The van der Waals surface area contributed by atoms with Crippen molar-refractivity contribution in [3.05, 3.63) is 18.2 Å². The zero-order valence-electron chi connectivity index (χ0n) is 16.6. The number of anilines is 1. The highest BCUT2D eigenvalue weighted by Gasteiger charge is 2.34. The molecule has 158 valence electrons. The fourth-order valence-corrected chi connectivity index (χ4v) is 5.74. The van der Waals surface area contributed by atoms with Gasteiger partial charge in [0.1, 0.15) is 5.75 Å². The fourth-order valence-electron chi connectivity index (χ4n) is 4.29. The number of fused-ring (bicyclic) bond motifs is 1. The van der Waals surface area contributed by atoms with Crippen molar-refractivity contribution in [2.24, 2.45) is 5.92 Å². The molecule has 1 saturated heterocycles. The van der Waals surface area contributed by atoms with Crippen molar-refractivity contribution >= 4 is 27.5 Å². The zero-order chi connectivity index (χ0) is 20.6. The van der Waals surface area contributed by atoms with Crippen molar-refractivity contribution in [3.8, 4) is 5.75 Å². The van der Waals surface area contributed by atoms with E-state index in [2.05, 4.69) is 5.32 Å². The lowest BCUT2D eigenvalue weighted by atomic mass is 10.1. The fraction of sp³-hybridized carbons (Fsp3) is 0.600. The number of piperazine rings is 1. The Kier molecular flexibility index (Phi) is 5.52. The number of nitrogens with zero attached hydrogens (tertiary/aromatic N) is 2. The van der Waals surface area contributed by atoms with Gasteiger partial charge in [0.25, 0.3) is 5.91 Å². The van der Waals surface area contributed by atoms with Gasteiger partial charge in [-0.3, -0.25) is 9.59 Å². The van der Waals surface area contributed by atoms with E-state index in [1.54, 1.807) is 11.0 Å². The van der Waals surface area contributed by atoms with Gasteiger partial charge in [-0.1, -0.05) is 19.8 Å². The molecule has 2 fully saturated rings. The van der Waals surface area contributed by atoms with Gasteiger partial charge in [0.05, 0.1) is 10.6 Å². The molecule has 9 heteroatoms. The van der Waals surface area contributed by atoms with Gasteiger partial charge in [0.15, 0.2) is 6.10 Å². The van der Waals surface area contributed by atoms with E-state index in [0.717, 1.165) is 25.7 Å². The lowest BCUT2D eigenvalue weighted by molar-refractivity contribution is -0.136. The lowest BCUT2D eigenvalue weighted by Gasteiger charge is -2.35. The van der Waals surface area contributed by atoms with E-state index in [1.165, 1.54) is 16.4 Å². The number of nitrogens with one attached hydrogen (secondary N) is 1. The molecule has 0 aromatic heterocycles. The van der Waals surface area contributed by atoms with Crippen LogP contribution < -0.4 is 10.1 Å². The monoisotopic (exact) mass is 421 g/mol. The van der Waals surface area contributed by atoms with Gasteiger partial charge in [0.2, 0.25) is 15.9 Å². The minimum absolute atomic E-state index is 0.106. The van der Waals surface area contributed by atoms with Crippen LogP contribution in [0.5, 0.6) is 5.75 Å². The SMILES string of the molecule is CC[C@H]1Oc2ccc(S(=O)(=O)N3CCN(C(=O)C4CCCC4)CC3)cc2NC1=O. The third-order valence-corrected chi connectivity index (χ3v) is 7.93. The average molecular weight is 422 g/mol. The highest BCUT2D eigenvalue weighted by Crippen LogP contribution is 2.34.